The third-order valence-corrected chi connectivity index (χ3v) is 5.39. The molecule has 0 fully saturated rings. The molecule has 0 amide bonds. The summed E-state index contributed by atoms with van der Waals surface area (Å²) in [5.41, 5.74) is -3.14. The van der Waals surface area contributed by atoms with E-state index >= 15 is 0 Å². The van der Waals surface area contributed by atoms with Gasteiger partial charge in [-0.3, -0.25) is 0 Å². The van der Waals surface area contributed by atoms with E-state index in [0.29, 0.717) is 27.6 Å². The predicted octanol–water partition coefficient (Wildman–Crippen LogP) is 6.79. The molecule has 2 radical (unpaired) electrons. The molecule has 0 atom stereocenters. The normalized spacial score (nSPS) is 15.3. The van der Waals surface area contributed by atoms with E-state index in [9.17, 15) is 26.3 Å². The van der Waals surface area contributed by atoms with Crippen LogP contribution in [0.25, 0.3) is 21.9 Å². The summed E-state index contributed by atoms with van der Waals surface area (Å²) in [5, 5.41) is 0.997. The zero-order valence-electron chi connectivity index (χ0n) is 15.6. The van der Waals surface area contributed by atoms with Gasteiger partial charge in [-0.25, -0.2) is 0 Å². The van der Waals surface area contributed by atoms with Gasteiger partial charge in [0.25, 0.3) is 0 Å². The van der Waals surface area contributed by atoms with E-state index in [0.717, 1.165) is 6.07 Å². The Morgan fingerprint density at radius 3 is 2.17 bits per heavy atom. The fraction of sp³-hybridized carbons (Fsp3) is 0.273. The van der Waals surface area contributed by atoms with Gasteiger partial charge in [0.05, 0.1) is 18.2 Å². The van der Waals surface area contributed by atoms with Crippen molar-refractivity contribution in [3.63, 3.8) is 0 Å². The fourth-order valence-corrected chi connectivity index (χ4v) is 4.10. The Bertz CT molecular complexity index is 1140. The van der Waals surface area contributed by atoms with E-state index in [1.807, 2.05) is 0 Å². The summed E-state index contributed by atoms with van der Waals surface area (Å²) in [7, 11) is 1.44. The first-order chi connectivity index (χ1) is 13.4. The van der Waals surface area contributed by atoms with Crippen molar-refractivity contribution >= 4 is 10.8 Å². The molecule has 4 rings (SSSR count). The van der Waals surface area contributed by atoms with Gasteiger partial charge in [0.1, 0.15) is 5.75 Å². The maximum absolute atomic E-state index is 13.8. The number of rotatable bonds is 1. The van der Waals surface area contributed by atoms with Crippen molar-refractivity contribution in [1.82, 2.24) is 0 Å². The van der Waals surface area contributed by atoms with Crippen LogP contribution in [-0.4, -0.2) is 7.11 Å². The van der Waals surface area contributed by atoms with E-state index in [1.165, 1.54) is 13.2 Å². The van der Waals surface area contributed by atoms with Crippen molar-refractivity contribution < 1.29 is 31.1 Å². The Morgan fingerprint density at radius 2 is 1.59 bits per heavy atom. The molecule has 0 bridgehead atoms. The van der Waals surface area contributed by atoms with Crippen LogP contribution in [-0.2, 0) is 17.8 Å². The monoisotopic (exact) mass is 408 g/mol. The van der Waals surface area contributed by atoms with Crippen molar-refractivity contribution in [1.29, 1.82) is 0 Å². The molecule has 0 spiro atoms. The Kier molecular flexibility index (Phi) is 3.99. The number of halogens is 6. The molecule has 0 aliphatic heterocycles. The molecular weight excluding hydrogens is 394 g/mol. The Labute approximate surface area is 162 Å². The summed E-state index contributed by atoms with van der Waals surface area (Å²) >= 11 is 0. The molecule has 0 unspecified atom stereocenters. The second-order valence-electron chi connectivity index (χ2n) is 7.47. The van der Waals surface area contributed by atoms with Gasteiger partial charge >= 0.3 is 12.4 Å². The highest BCUT2D eigenvalue weighted by molar-refractivity contribution is 6.03. The van der Waals surface area contributed by atoms with Gasteiger partial charge in [0.15, 0.2) is 0 Å². The average Bonchev–Trinajstić information content (AvgIpc) is 2.86. The lowest BCUT2D eigenvalue weighted by molar-refractivity contribution is -0.143. The van der Waals surface area contributed by atoms with E-state index < -0.39 is 28.9 Å². The molecule has 0 heterocycles. The number of alkyl halides is 6. The largest absolute Gasteiger partial charge is 0.496 e. The van der Waals surface area contributed by atoms with E-state index in [1.54, 1.807) is 26.0 Å². The lowest BCUT2D eigenvalue weighted by Gasteiger charge is -2.26. The Hall–Kier alpha value is -2.70. The summed E-state index contributed by atoms with van der Waals surface area (Å²) < 4.78 is 86.7. The van der Waals surface area contributed by atoms with Gasteiger partial charge in [0, 0.05) is 11.5 Å². The van der Waals surface area contributed by atoms with Crippen LogP contribution in [0.2, 0.25) is 0 Å². The molecule has 1 aliphatic carbocycles. The number of fused-ring (bicyclic) bond motifs is 5. The van der Waals surface area contributed by atoms with Crippen LogP contribution in [0.1, 0.15) is 36.1 Å². The van der Waals surface area contributed by atoms with Crippen LogP contribution >= 0.6 is 0 Å². The highest BCUT2D eigenvalue weighted by Gasteiger charge is 2.47. The first kappa shape index (κ1) is 19.6. The molecule has 0 aromatic heterocycles. The number of hydrogen-bond acceptors (Lipinski definition) is 1. The topological polar surface area (TPSA) is 9.23 Å². The van der Waals surface area contributed by atoms with Gasteiger partial charge in [-0.05, 0) is 69.4 Å². The van der Waals surface area contributed by atoms with Gasteiger partial charge < -0.3 is 4.74 Å². The first-order valence-electron chi connectivity index (χ1n) is 8.63. The zero-order chi connectivity index (χ0) is 21.4. The average molecular weight is 408 g/mol. The van der Waals surface area contributed by atoms with E-state index in [2.05, 4.69) is 12.1 Å². The molecule has 3 aromatic rings. The lowest BCUT2D eigenvalue weighted by atomic mass is 9.79. The second kappa shape index (κ2) is 5.90. The zero-order valence-corrected chi connectivity index (χ0v) is 15.6. The molecular formula is C22H14F6O. The maximum atomic E-state index is 13.8. The molecule has 29 heavy (non-hydrogen) atoms. The van der Waals surface area contributed by atoms with Crippen LogP contribution in [0.4, 0.5) is 26.3 Å². The Balaban J connectivity index is 2.16. The maximum Gasteiger partial charge on any atom is 0.416 e. The van der Waals surface area contributed by atoms with Gasteiger partial charge in [0.2, 0.25) is 0 Å². The minimum atomic E-state index is -4.93. The summed E-state index contributed by atoms with van der Waals surface area (Å²) in [5.74, 6) is 0.395. The van der Waals surface area contributed by atoms with Crippen molar-refractivity contribution in [2.24, 2.45) is 0 Å². The van der Waals surface area contributed by atoms with Crippen molar-refractivity contribution in [3.05, 3.63) is 64.7 Å². The fourth-order valence-electron chi connectivity index (χ4n) is 4.10. The summed E-state index contributed by atoms with van der Waals surface area (Å²) in [4.78, 5) is 0. The molecule has 7 heteroatoms. The quantitative estimate of drug-likeness (QED) is 0.403. The highest BCUT2D eigenvalue weighted by atomic mass is 19.4. The minimum absolute atomic E-state index is 0.0651. The van der Waals surface area contributed by atoms with Crippen molar-refractivity contribution in [2.45, 2.75) is 31.6 Å². The Morgan fingerprint density at radius 1 is 0.897 bits per heavy atom. The SMILES string of the molecule is COc1[c]cc2c3c(c[c]c2c1)C(C)(C)c1c-3cc(C(F)(F)F)cc1C(F)(F)F. The van der Waals surface area contributed by atoms with Crippen LogP contribution in [0.15, 0.2) is 30.3 Å². The number of methoxy groups -OCH3 is 1. The predicted molar refractivity (Wildman–Crippen MR) is 95.7 cm³/mol. The van der Waals surface area contributed by atoms with Gasteiger partial charge in [-0.1, -0.05) is 13.8 Å². The first-order valence-corrected chi connectivity index (χ1v) is 8.63. The minimum Gasteiger partial charge on any atom is -0.496 e. The molecule has 1 nitrogen and oxygen atoms in total. The standard InChI is InChI=1S/C22H14F6O/c1-20(2)16-7-4-11-8-13(29-3)5-6-14(11)18(16)15-9-12(21(23,24)25)10-17(19(15)20)22(26,27)28/h6-10H,1-3H3. The number of ether oxygens (including phenoxy) is 1. The van der Waals surface area contributed by atoms with Crippen LogP contribution in [0, 0.1) is 12.1 Å². The molecule has 1 aliphatic rings. The lowest BCUT2D eigenvalue weighted by Crippen LogP contribution is -2.22. The van der Waals surface area contributed by atoms with Crippen molar-refractivity contribution in [3.8, 4) is 16.9 Å². The van der Waals surface area contributed by atoms with Crippen LogP contribution in [0.5, 0.6) is 5.75 Å². The van der Waals surface area contributed by atoms with Crippen molar-refractivity contribution in [2.75, 3.05) is 7.11 Å². The third-order valence-electron chi connectivity index (χ3n) is 5.39. The number of benzene rings is 3. The van der Waals surface area contributed by atoms with Gasteiger partial charge in [-0.2, -0.15) is 26.3 Å². The van der Waals surface area contributed by atoms with Crippen LogP contribution in [0.3, 0.4) is 0 Å². The molecule has 0 saturated heterocycles. The molecule has 150 valence electrons. The van der Waals surface area contributed by atoms with Crippen LogP contribution < -0.4 is 4.74 Å². The van der Waals surface area contributed by atoms with E-state index in [-0.39, 0.29) is 17.2 Å². The second-order valence-corrected chi connectivity index (χ2v) is 7.47. The molecule has 0 saturated carbocycles. The summed E-state index contributed by atoms with van der Waals surface area (Å²) in [6, 6.07) is 11.5. The van der Waals surface area contributed by atoms with Gasteiger partial charge in [-0.15, -0.1) is 0 Å². The van der Waals surface area contributed by atoms with E-state index in [4.69, 9.17) is 4.74 Å². The smallest absolute Gasteiger partial charge is 0.416 e. The highest BCUT2D eigenvalue weighted by Crippen LogP contribution is 2.56. The number of hydrogen-bond donors (Lipinski definition) is 0. The summed E-state index contributed by atoms with van der Waals surface area (Å²) in [6.45, 7) is 3.15. The summed E-state index contributed by atoms with van der Waals surface area (Å²) in [6.07, 6.45) is -9.84. The molecule has 3 aromatic carbocycles. The third kappa shape index (κ3) is 2.86. The molecule has 0 N–H and O–H groups in total.